The molecule has 1 aromatic heterocycles. The molecule has 0 saturated carbocycles. The van der Waals surface area contributed by atoms with Crippen LogP contribution in [0.15, 0.2) is 35.7 Å². The summed E-state index contributed by atoms with van der Waals surface area (Å²) in [5.74, 6) is 0.718. The topological polar surface area (TPSA) is 62.3 Å². The minimum absolute atomic E-state index is 0.0480. The maximum Gasteiger partial charge on any atom is 0.222 e. The van der Waals surface area contributed by atoms with Crippen molar-refractivity contribution >= 4 is 23.2 Å². The van der Waals surface area contributed by atoms with Gasteiger partial charge in [0, 0.05) is 37.2 Å². The van der Waals surface area contributed by atoms with Crippen molar-refractivity contribution in [2.75, 3.05) is 13.1 Å². The number of aromatic nitrogens is 1. The summed E-state index contributed by atoms with van der Waals surface area (Å²) in [7, 11) is 0. The first kappa shape index (κ1) is 19.5. The normalized spacial score (nSPS) is 14.9. The van der Waals surface area contributed by atoms with E-state index in [0.717, 1.165) is 43.1 Å². The molecule has 0 radical (unpaired) electrons. The van der Waals surface area contributed by atoms with E-state index < -0.39 is 0 Å². The fourth-order valence-electron chi connectivity index (χ4n) is 3.34. The second kappa shape index (κ2) is 9.65. The predicted octanol–water partition coefficient (Wildman–Crippen LogP) is 3.51. The number of benzene rings is 1. The number of hydrogen-bond acceptors (Lipinski definition) is 4. The Morgan fingerprint density at radius 1 is 1.22 bits per heavy atom. The van der Waals surface area contributed by atoms with Crippen LogP contribution in [0, 0.1) is 0 Å². The van der Waals surface area contributed by atoms with Crippen molar-refractivity contribution in [2.24, 2.45) is 0 Å². The Labute approximate surface area is 164 Å². The van der Waals surface area contributed by atoms with Crippen molar-refractivity contribution in [3.63, 3.8) is 0 Å². The van der Waals surface area contributed by atoms with Gasteiger partial charge in [0.05, 0.1) is 17.2 Å². The van der Waals surface area contributed by atoms with Gasteiger partial charge in [-0.2, -0.15) is 0 Å². The zero-order valence-corrected chi connectivity index (χ0v) is 16.6. The Hall–Kier alpha value is -2.21. The number of aryl methyl sites for hydroxylation is 1. The third-order valence-electron chi connectivity index (χ3n) is 5.02. The molecule has 0 aliphatic carbocycles. The number of nitrogens with zero attached hydrogens (tertiary/aromatic N) is 2. The van der Waals surface area contributed by atoms with Gasteiger partial charge in [-0.3, -0.25) is 9.59 Å². The molecule has 0 atom stereocenters. The number of likely N-dealkylation sites (tertiary alicyclic amines) is 1. The van der Waals surface area contributed by atoms with Gasteiger partial charge in [0.2, 0.25) is 11.8 Å². The fraction of sp³-hybridized carbons (Fsp3) is 0.476. The molecule has 1 aromatic carbocycles. The molecular weight excluding hydrogens is 358 g/mol. The smallest absolute Gasteiger partial charge is 0.222 e. The molecule has 0 unspecified atom stereocenters. The van der Waals surface area contributed by atoms with Crippen molar-refractivity contribution in [3.8, 4) is 0 Å². The standard InChI is InChI=1S/C21H27N3O2S/c1-2-19(25)22-14-18-15-27-21(23-18)17-10-12-24(13-11-17)20(26)9-8-16-6-4-3-5-7-16/h3-7,15,17H,2,8-14H2,1H3,(H,22,25). The molecule has 1 aliphatic rings. The average Bonchev–Trinajstić information content (AvgIpc) is 3.20. The number of hydrogen-bond donors (Lipinski definition) is 1. The third kappa shape index (κ3) is 5.63. The molecule has 1 aliphatic heterocycles. The predicted molar refractivity (Wildman–Crippen MR) is 108 cm³/mol. The lowest BCUT2D eigenvalue weighted by Crippen LogP contribution is -2.38. The molecule has 1 fully saturated rings. The van der Waals surface area contributed by atoms with Crippen molar-refractivity contribution in [1.82, 2.24) is 15.2 Å². The van der Waals surface area contributed by atoms with Crippen LogP contribution in [0.5, 0.6) is 0 Å². The molecule has 1 saturated heterocycles. The summed E-state index contributed by atoms with van der Waals surface area (Å²) in [6, 6.07) is 10.2. The Morgan fingerprint density at radius 3 is 2.67 bits per heavy atom. The van der Waals surface area contributed by atoms with E-state index in [1.54, 1.807) is 11.3 Å². The molecular formula is C21H27N3O2S. The van der Waals surface area contributed by atoms with Gasteiger partial charge in [0.15, 0.2) is 0 Å². The summed E-state index contributed by atoms with van der Waals surface area (Å²) in [5.41, 5.74) is 2.14. The highest BCUT2D eigenvalue weighted by molar-refractivity contribution is 7.09. The number of nitrogens with one attached hydrogen (secondary N) is 1. The second-order valence-electron chi connectivity index (χ2n) is 6.95. The van der Waals surface area contributed by atoms with Crippen molar-refractivity contribution in [3.05, 3.63) is 52.0 Å². The van der Waals surface area contributed by atoms with Gasteiger partial charge in [0.1, 0.15) is 0 Å². The van der Waals surface area contributed by atoms with Gasteiger partial charge in [-0.15, -0.1) is 11.3 Å². The van der Waals surface area contributed by atoms with Crippen LogP contribution in [-0.2, 0) is 22.6 Å². The van der Waals surface area contributed by atoms with E-state index in [1.165, 1.54) is 5.56 Å². The third-order valence-corrected chi connectivity index (χ3v) is 6.08. The fourth-order valence-corrected chi connectivity index (χ4v) is 4.33. The molecule has 144 valence electrons. The lowest BCUT2D eigenvalue weighted by molar-refractivity contribution is -0.132. The Balaban J connectivity index is 1.44. The minimum atomic E-state index is 0.0480. The van der Waals surface area contributed by atoms with Gasteiger partial charge in [0.25, 0.3) is 0 Å². The molecule has 27 heavy (non-hydrogen) atoms. The van der Waals surface area contributed by atoms with E-state index in [2.05, 4.69) is 22.4 Å². The number of piperidine rings is 1. The van der Waals surface area contributed by atoms with Crippen LogP contribution in [0.2, 0.25) is 0 Å². The summed E-state index contributed by atoms with van der Waals surface area (Å²) in [6.07, 6.45) is 3.80. The van der Waals surface area contributed by atoms with Gasteiger partial charge in [-0.05, 0) is 24.8 Å². The van der Waals surface area contributed by atoms with E-state index in [-0.39, 0.29) is 11.8 Å². The van der Waals surface area contributed by atoms with Crippen molar-refractivity contribution < 1.29 is 9.59 Å². The molecule has 0 bridgehead atoms. The summed E-state index contributed by atoms with van der Waals surface area (Å²) in [4.78, 5) is 30.5. The van der Waals surface area contributed by atoms with E-state index in [1.807, 2.05) is 35.4 Å². The van der Waals surface area contributed by atoms with Crippen LogP contribution in [0.4, 0.5) is 0 Å². The monoisotopic (exact) mass is 385 g/mol. The molecule has 2 aromatic rings. The molecule has 6 heteroatoms. The number of carbonyl (C=O) groups excluding carboxylic acids is 2. The van der Waals surface area contributed by atoms with E-state index >= 15 is 0 Å². The summed E-state index contributed by atoms with van der Waals surface area (Å²) >= 11 is 1.67. The lowest BCUT2D eigenvalue weighted by atomic mass is 9.97. The van der Waals surface area contributed by atoms with Crippen LogP contribution in [-0.4, -0.2) is 34.8 Å². The van der Waals surface area contributed by atoms with Crippen molar-refractivity contribution in [2.45, 2.75) is 51.5 Å². The molecule has 1 N–H and O–H groups in total. The van der Waals surface area contributed by atoms with Gasteiger partial charge < -0.3 is 10.2 Å². The van der Waals surface area contributed by atoms with Crippen LogP contribution in [0.1, 0.15) is 54.8 Å². The quantitative estimate of drug-likeness (QED) is 0.793. The zero-order chi connectivity index (χ0) is 19.1. The Morgan fingerprint density at radius 2 is 1.96 bits per heavy atom. The van der Waals surface area contributed by atoms with E-state index in [4.69, 9.17) is 0 Å². The van der Waals surface area contributed by atoms with Crippen LogP contribution in [0.25, 0.3) is 0 Å². The second-order valence-corrected chi connectivity index (χ2v) is 7.84. The van der Waals surface area contributed by atoms with Gasteiger partial charge in [-0.25, -0.2) is 4.98 Å². The first-order valence-electron chi connectivity index (χ1n) is 9.68. The SMILES string of the molecule is CCC(=O)NCc1csc(C2CCN(C(=O)CCc3ccccc3)CC2)n1. The zero-order valence-electron chi connectivity index (χ0n) is 15.8. The summed E-state index contributed by atoms with van der Waals surface area (Å²) in [6.45, 7) is 3.95. The summed E-state index contributed by atoms with van der Waals surface area (Å²) < 4.78 is 0. The maximum atomic E-state index is 12.5. The van der Waals surface area contributed by atoms with Crippen LogP contribution >= 0.6 is 11.3 Å². The molecule has 2 amide bonds. The van der Waals surface area contributed by atoms with E-state index in [0.29, 0.717) is 25.3 Å². The van der Waals surface area contributed by atoms with Crippen molar-refractivity contribution in [1.29, 1.82) is 0 Å². The molecule has 3 rings (SSSR count). The average molecular weight is 386 g/mol. The number of thiazole rings is 1. The van der Waals surface area contributed by atoms with Gasteiger partial charge in [-0.1, -0.05) is 37.3 Å². The molecule has 2 heterocycles. The largest absolute Gasteiger partial charge is 0.350 e. The first-order valence-corrected chi connectivity index (χ1v) is 10.6. The minimum Gasteiger partial charge on any atom is -0.350 e. The number of rotatable bonds is 7. The highest BCUT2D eigenvalue weighted by atomic mass is 32.1. The Kier molecular flexibility index (Phi) is 6.98. The van der Waals surface area contributed by atoms with Crippen LogP contribution in [0.3, 0.4) is 0 Å². The first-order chi connectivity index (χ1) is 13.2. The Bertz CT molecular complexity index is 752. The lowest BCUT2D eigenvalue weighted by Gasteiger charge is -2.31. The van der Waals surface area contributed by atoms with Gasteiger partial charge >= 0.3 is 0 Å². The molecule has 0 spiro atoms. The van der Waals surface area contributed by atoms with E-state index in [9.17, 15) is 9.59 Å². The highest BCUT2D eigenvalue weighted by Crippen LogP contribution is 2.30. The number of amides is 2. The van der Waals surface area contributed by atoms with Crippen LogP contribution < -0.4 is 5.32 Å². The summed E-state index contributed by atoms with van der Waals surface area (Å²) in [5, 5.41) is 6.03. The number of carbonyl (C=O) groups is 2. The maximum absolute atomic E-state index is 12.5. The highest BCUT2D eigenvalue weighted by Gasteiger charge is 2.25. The molecule has 5 nitrogen and oxygen atoms in total.